The second kappa shape index (κ2) is 5.77. The maximum absolute atomic E-state index is 11.9. The average molecular weight is 231 g/mol. The predicted molar refractivity (Wildman–Crippen MR) is 56.0 cm³/mol. The highest BCUT2D eigenvalue weighted by Crippen LogP contribution is 2.23. The lowest BCUT2D eigenvalue weighted by molar-refractivity contribution is -0.274. The Morgan fingerprint density at radius 2 is 1.69 bits per heavy atom. The van der Waals surface area contributed by atoms with Crippen LogP contribution >= 0.6 is 0 Å². The van der Waals surface area contributed by atoms with Crippen LogP contribution in [0.4, 0.5) is 13.2 Å². The molecule has 16 heavy (non-hydrogen) atoms. The normalized spacial score (nSPS) is 11.5. The fourth-order valence-electron chi connectivity index (χ4n) is 1.36. The molecule has 0 amide bonds. The van der Waals surface area contributed by atoms with Gasteiger partial charge in [-0.1, -0.05) is 31.9 Å². The Labute approximate surface area is 93.2 Å². The van der Waals surface area contributed by atoms with E-state index >= 15 is 0 Å². The van der Waals surface area contributed by atoms with Gasteiger partial charge in [0.25, 0.3) is 0 Å². The second-order valence-corrected chi connectivity index (χ2v) is 3.50. The van der Waals surface area contributed by atoms with Gasteiger partial charge >= 0.3 is 6.36 Å². The number of unbranched alkanes of at least 4 members (excludes halogenated alkanes) is 2. The molecular formula is C12H14F3O. The van der Waals surface area contributed by atoms with E-state index < -0.39 is 6.36 Å². The van der Waals surface area contributed by atoms with Crippen LogP contribution in [0.2, 0.25) is 0 Å². The molecule has 4 heteroatoms. The van der Waals surface area contributed by atoms with Gasteiger partial charge in [-0.2, -0.15) is 0 Å². The molecule has 1 radical (unpaired) electrons. The smallest absolute Gasteiger partial charge is 0.406 e. The summed E-state index contributed by atoms with van der Waals surface area (Å²) in [6.07, 6.45) is -0.837. The molecule has 0 atom stereocenters. The van der Waals surface area contributed by atoms with Crippen LogP contribution < -0.4 is 4.74 Å². The summed E-state index contributed by atoms with van der Waals surface area (Å²) in [5.74, 6) is -0.173. The molecule has 0 saturated carbocycles. The monoisotopic (exact) mass is 231 g/mol. The van der Waals surface area contributed by atoms with Crippen LogP contribution in [0, 0.1) is 6.92 Å². The molecule has 0 fully saturated rings. The topological polar surface area (TPSA) is 9.23 Å². The summed E-state index contributed by atoms with van der Waals surface area (Å²) in [7, 11) is 0. The molecule has 1 aromatic carbocycles. The van der Waals surface area contributed by atoms with E-state index in [1.54, 1.807) is 12.1 Å². The number of benzene rings is 1. The number of ether oxygens (including phenoxy) is 1. The minimum Gasteiger partial charge on any atom is -0.406 e. The van der Waals surface area contributed by atoms with Gasteiger partial charge in [-0.05, 0) is 30.5 Å². The average Bonchev–Trinajstić information content (AvgIpc) is 2.19. The quantitative estimate of drug-likeness (QED) is 0.692. The zero-order valence-corrected chi connectivity index (χ0v) is 8.89. The molecule has 0 aliphatic heterocycles. The Morgan fingerprint density at radius 3 is 2.19 bits per heavy atom. The van der Waals surface area contributed by atoms with Gasteiger partial charge in [0, 0.05) is 0 Å². The Kier molecular flexibility index (Phi) is 4.65. The van der Waals surface area contributed by atoms with Crippen molar-refractivity contribution in [1.82, 2.24) is 0 Å². The van der Waals surface area contributed by atoms with Crippen molar-refractivity contribution in [3.63, 3.8) is 0 Å². The molecule has 1 nitrogen and oxygen atoms in total. The molecular weight excluding hydrogens is 217 g/mol. The fraction of sp³-hybridized carbons (Fsp3) is 0.417. The van der Waals surface area contributed by atoms with E-state index in [0.717, 1.165) is 31.2 Å². The molecule has 0 saturated heterocycles. The van der Waals surface area contributed by atoms with Gasteiger partial charge in [-0.25, -0.2) is 0 Å². The van der Waals surface area contributed by atoms with Gasteiger partial charge in [-0.15, -0.1) is 13.2 Å². The third-order valence-corrected chi connectivity index (χ3v) is 2.12. The zero-order chi connectivity index (χ0) is 12.0. The highest BCUT2D eigenvalue weighted by molar-refractivity contribution is 5.27. The largest absolute Gasteiger partial charge is 0.573 e. The highest BCUT2D eigenvalue weighted by atomic mass is 19.4. The van der Waals surface area contributed by atoms with Gasteiger partial charge in [0.1, 0.15) is 5.75 Å². The Hall–Kier alpha value is -1.19. The fourth-order valence-corrected chi connectivity index (χ4v) is 1.36. The third-order valence-electron chi connectivity index (χ3n) is 2.12. The number of alkyl halides is 3. The maximum Gasteiger partial charge on any atom is 0.573 e. The molecule has 0 unspecified atom stereocenters. The van der Waals surface area contributed by atoms with Gasteiger partial charge < -0.3 is 4.74 Å². The number of hydrogen-bond acceptors (Lipinski definition) is 1. The van der Waals surface area contributed by atoms with E-state index in [1.807, 2.05) is 0 Å². The molecule has 0 aliphatic carbocycles. The lowest BCUT2D eigenvalue weighted by atomic mass is 10.1. The standard InChI is InChI=1S/C12H14F3O/c1-2-3-4-5-10-6-8-11(9-7-10)16-12(13,14)15/h6-9H,1-5H2. The van der Waals surface area contributed by atoms with Gasteiger partial charge in [0.2, 0.25) is 0 Å². The van der Waals surface area contributed by atoms with Crippen LogP contribution in [0.3, 0.4) is 0 Å². The predicted octanol–water partition coefficient (Wildman–Crippen LogP) is 4.13. The molecule has 0 aromatic heterocycles. The third kappa shape index (κ3) is 5.05. The van der Waals surface area contributed by atoms with Crippen molar-refractivity contribution < 1.29 is 17.9 Å². The summed E-state index contributed by atoms with van der Waals surface area (Å²) in [6, 6.07) is 5.99. The molecule has 0 aliphatic rings. The van der Waals surface area contributed by atoms with E-state index in [2.05, 4.69) is 11.7 Å². The Bertz CT molecular complexity index is 303. The van der Waals surface area contributed by atoms with E-state index in [-0.39, 0.29) is 5.75 Å². The number of rotatable bonds is 5. The maximum atomic E-state index is 11.9. The van der Waals surface area contributed by atoms with E-state index in [0.29, 0.717) is 0 Å². The molecule has 0 spiro atoms. The SMILES string of the molecule is [CH2]CCCCc1ccc(OC(F)(F)F)cc1. The van der Waals surface area contributed by atoms with Crippen molar-refractivity contribution in [1.29, 1.82) is 0 Å². The number of hydrogen-bond donors (Lipinski definition) is 0. The van der Waals surface area contributed by atoms with Crippen LogP contribution in [-0.4, -0.2) is 6.36 Å². The van der Waals surface area contributed by atoms with Crippen molar-refractivity contribution in [3.05, 3.63) is 36.8 Å². The first-order valence-corrected chi connectivity index (χ1v) is 5.15. The molecule has 89 valence electrons. The van der Waals surface area contributed by atoms with Crippen molar-refractivity contribution in [3.8, 4) is 5.75 Å². The van der Waals surface area contributed by atoms with Crippen LogP contribution in [-0.2, 0) is 6.42 Å². The van der Waals surface area contributed by atoms with Crippen molar-refractivity contribution in [2.24, 2.45) is 0 Å². The van der Waals surface area contributed by atoms with Crippen molar-refractivity contribution >= 4 is 0 Å². The number of aryl methyl sites for hydroxylation is 1. The summed E-state index contributed by atoms with van der Waals surface area (Å²) in [4.78, 5) is 0. The summed E-state index contributed by atoms with van der Waals surface area (Å²) in [5, 5.41) is 0. The van der Waals surface area contributed by atoms with E-state index in [4.69, 9.17) is 0 Å². The van der Waals surface area contributed by atoms with Crippen LogP contribution in [0.25, 0.3) is 0 Å². The minimum absolute atomic E-state index is 0.173. The van der Waals surface area contributed by atoms with Crippen LogP contribution in [0.5, 0.6) is 5.75 Å². The summed E-state index contributed by atoms with van der Waals surface area (Å²) in [6.45, 7) is 3.73. The lowest BCUT2D eigenvalue weighted by Crippen LogP contribution is -2.17. The van der Waals surface area contributed by atoms with Gasteiger partial charge in [-0.3, -0.25) is 0 Å². The first-order chi connectivity index (χ1) is 7.51. The zero-order valence-electron chi connectivity index (χ0n) is 8.89. The first kappa shape index (κ1) is 12.9. The van der Waals surface area contributed by atoms with Crippen LogP contribution in [0.1, 0.15) is 24.8 Å². The summed E-state index contributed by atoms with van der Waals surface area (Å²) < 4.78 is 39.4. The molecule has 0 bridgehead atoms. The summed E-state index contributed by atoms with van der Waals surface area (Å²) in [5.41, 5.74) is 1.02. The van der Waals surface area contributed by atoms with E-state index in [9.17, 15) is 13.2 Å². The van der Waals surface area contributed by atoms with Crippen molar-refractivity contribution in [2.75, 3.05) is 0 Å². The van der Waals surface area contributed by atoms with E-state index in [1.165, 1.54) is 12.1 Å². The molecule has 1 aromatic rings. The van der Waals surface area contributed by atoms with Gasteiger partial charge in [0.05, 0.1) is 0 Å². The molecule has 0 N–H and O–H groups in total. The van der Waals surface area contributed by atoms with Crippen LogP contribution in [0.15, 0.2) is 24.3 Å². The molecule has 0 heterocycles. The van der Waals surface area contributed by atoms with Crippen molar-refractivity contribution in [2.45, 2.75) is 32.0 Å². The molecule has 1 rings (SSSR count). The second-order valence-electron chi connectivity index (χ2n) is 3.50. The lowest BCUT2D eigenvalue weighted by Gasteiger charge is -2.09. The highest BCUT2D eigenvalue weighted by Gasteiger charge is 2.30. The van der Waals surface area contributed by atoms with Gasteiger partial charge in [0.15, 0.2) is 0 Å². The summed E-state index contributed by atoms with van der Waals surface area (Å²) >= 11 is 0. The number of halogens is 3. The Balaban J connectivity index is 2.48. The Morgan fingerprint density at radius 1 is 1.06 bits per heavy atom. The first-order valence-electron chi connectivity index (χ1n) is 5.15. The minimum atomic E-state index is -4.62.